The third-order valence-corrected chi connectivity index (χ3v) is 3.00. The Morgan fingerprint density at radius 1 is 1.26 bits per heavy atom. The van der Waals surface area contributed by atoms with Crippen LogP contribution in [0, 0.1) is 5.82 Å². The molecule has 0 amide bonds. The van der Waals surface area contributed by atoms with Crippen molar-refractivity contribution in [1.82, 2.24) is 5.43 Å². The first kappa shape index (κ1) is 15.9. The van der Waals surface area contributed by atoms with Gasteiger partial charge in [0.15, 0.2) is 0 Å². The average Bonchev–Trinajstić information content (AvgIpc) is 2.34. The van der Waals surface area contributed by atoms with Gasteiger partial charge in [-0.2, -0.15) is 13.2 Å². The van der Waals surface area contributed by atoms with Gasteiger partial charge >= 0.3 is 6.18 Å². The van der Waals surface area contributed by atoms with Crippen molar-refractivity contribution in [3.63, 3.8) is 0 Å². The molecule has 0 saturated heterocycles. The molecular formula is C13H18F4N2. The van der Waals surface area contributed by atoms with Crippen molar-refractivity contribution in [1.29, 1.82) is 0 Å². The first-order chi connectivity index (χ1) is 8.90. The van der Waals surface area contributed by atoms with Crippen LogP contribution in [-0.2, 0) is 6.18 Å². The number of nitrogens with two attached hydrogens (primary N) is 1. The second-order valence-electron chi connectivity index (χ2n) is 4.45. The number of benzene rings is 1. The smallest absolute Gasteiger partial charge is 0.271 e. The summed E-state index contributed by atoms with van der Waals surface area (Å²) in [5.74, 6) is 4.10. The molecule has 1 atom stereocenters. The van der Waals surface area contributed by atoms with E-state index >= 15 is 0 Å². The second-order valence-corrected chi connectivity index (χ2v) is 4.45. The molecule has 0 radical (unpaired) electrons. The zero-order valence-corrected chi connectivity index (χ0v) is 10.7. The molecule has 0 aliphatic rings. The molecule has 19 heavy (non-hydrogen) atoms. The standard InChI is InChI=1S/C13H18F4N2/c1-2-3-4-5-12(19-18)9-6-7-11(14)10(8-9)13(15,16)17/h6-8,12,19H,2-5,18H2,1H3. The molecule has 1 aromatic carbocycles. The highest BCUT2D eigenvalue weighted by molar-refractivity contribution is 5.29. The van der Waals surface area contributed by atoms with E-state index in [1.165, 1.54) is 6.07 Å². The molecule has 0 saturated carbocycles. The van der Waals surface area contributed by atoms with Gasteiger partial charge in [-0.25, -0.2) is 4.39 Å². The Labute approximate surface area is 110 Å². The molecule has 0 spiro atoms. The van der Waals surface area contributed by atoms with Gasteiger partial charge in [-0.3, -0.25) is 11.3 Å². The minimum Gasteiger partial charge on any atom is -0.271 e. The van der Waals surface area contributed by atoms with Gasteiger partial charge in [0.05, 0.1) is 5.56 Å². The van der Waals surface area contributed by atoms with Crippen LogP contribution in [0.5, 0.6) is 0 Å². The predicted octanol–water partition coefficient (Wildman–Crippen LogP) is 3.93. The van der Waals surface area contributed by atoms with Crippen molar-refractivity contribution in [2.24, 2.45) is 5.84 Å². The highest BCUT2D eigenvalue weighted by Gasteiger charge is 2.34. The van der Waals surface area contributed by atoms with E-state index in [2.05, 4.69) is 5.43 Å². The van der Waals surface area contributed by atoms with Crippen molar-refractivity contribution in [2.75, 3.05) is 0 Å². The molecule has 6 heteroatoms. The minimum atomic E-state index is -4.69. The van der Waals surface area contributed by atoms with Gasteiger partial charge in [0.25, 0.3) is 0 Å². The van der Waals surface area contributed by atoms with Crippen LogP contribution in [0.15, 0.2) is 18.2 Å². The molecular weight excluding hydrogens is 260 g/mol. The lowest BCUT2D eigenvalue weighted by Crippen LogP contribution is -2.28. The molecule has 108 valence electrons. The summed E-state index contributed by atoms with van der Waals surface area (Å²) in [7, 11) is 0. The number of unbranched alkanes of at least 4 members (excludes halogenated alkanes) is 2. The lowest BCUT2D eigenvalue weighted by Gasteiger charge is -2.18. The van der Waals surface area contributed by atoms with Crippen LogP contribution in [0.1, 0.15) is 49.8 Å². The fourth-order valence-electron chi connectivity index (χ4n) is 1.92. The second kappa shape index (κ2) is 6.86. The van der Waals surface area contributed by atoms with Gasteiger partial charge in [0.2, 0.25) is 0 Å². The van der Waals surface area contributed by atoms with Crippen LogP contribution >= 0.6 is 0 Å². The fraction of sp³-hybridized carbons (Fsp3) is 0.538. The maximum absolute atomic E-state index is 13.2. The molecule has 0 aliphatic heterocycles. The fourth-order valence-corrected chi connectivity index (χ4v) is 1.92. The highest BCUT2D eigenvalue weighted by atomic mass is 19.4. The minimum absolute atomic E-state index is 0.354. The third kappa shape index (κ3) is 4.47. The summed E-state index contributed by atoms with van der Waals surface area (Å²) in [5.41, 5.74) is 1.59. The predicted molar refractivity (Wildman–Crippen MR) is 65.6 cm³/mol. The molecule has 1 aromatic rings. The molecule has 1 rings (SSSR count). The van der Waals surface area contributed by atoms with Crippen LogP contribution in [0.25, 0.3) is 0 Å². The van der Waals surface area contributed by atoms with Crippen LogP contribution in [-0.4, -0.2) is 0 Å². The lowest BCUT2D eigenvalue weighted by atomic mass is 9.99. The Morgan fingerprint density at radius 3 is 2.47 bits per heavy atom. The van der Waals surface area contributed by atoms with E-state index in [0.29, 0.717) is 12.0 Å². The molecule has 1 unspecified atom stereocenters. The maximum atomic E-state index is 13.2. The van der Waals surface area contributed by atoms with Crippen LogP contribution in [0.3, 0.4) is 0 Å². The van der Waals surface area contributed by atoms with Gasteiger partial charge in [0, 0.05) is 6.04 Å². The zero-order chi connectivity index (χ0) is 14.5. The number of nitrogens with one attached hydrogen (secondary N) is 1. The van der Waals surface area contributed by atoms with Gasteiger partial charge < -0.3 is 0 Å². The lowest BCUT2D eigenvalue weighted by molar-refractivity contribution is -0.140. The molecule has 3 N–H and O–H groups in total. The summed E-state index contributed by atoms with van der Waals surface area (Å²) in [6, 6.07) is 2.60. The number of hydrazine groups is 1. The van der Waals surface area contributed by atoms with E-state index in [4.69, 9.17) is 5.84 Å². The monoisotopic (exact) mass is 278 g/mol. The van der Waals surface area contributed by atoms with Crippen molar-refractivity contribution < 1.29 is 17.6 Å². The molecule has 0 fully saturated rings. The summed E-state index contributed by atoms with van der Waals surface area (Å²) >= 11 is 0. The van der Waals surface area contributed by atoms with Crippen LogP contribution in [0.4, 0.5) is 17.6 Å². The van der Waals surface area contributed by atoms with Crippen molar-refractivity contribution in [2.45, 2.75) is 44.8 Å². The van der Waals surface area contributed by atoms with E-state index < -0.39 is 23.6 Å². The number of hydrogen-bond acceptors (Lipinski definition) is 2. The average molecular weight is 278 g/mol. The quantitative estimate of drug-likeness (QED) is 0.358. The summed E-state index contributed by atoms with van der Waals surface area (Å²) in [6.45, 7) is 2.03. The van der Waals surface area contributed by atoms with Crippen molar-refractivity contribution >= 4 is 0 Å². The zero-order valence-electron chi connectivity index (χ0n) is 10.7. The summed E-state index contributed by atoms with van der Waals surface area (Å²) < 4.78 is 51.0. The summed E-state index contributed by atoms with van der Waals surface area (Å²) in [4.78, 5) is 0. The van der Waals surface area contributed by atoms with E-state index in [9.17, 15) is 17.6 Å². The Kier molecular flexibility index (Phi) is 5.75. The Hall–Kier alpha value is -1.14. The number of alkyl halides is 3. The summed E-state index contributed by atoms with van der Waals surface area (Å²) in [6.07, 6.45) is -1.24. The molecule has 0 aromatic heterocycles. The van der Waals surface area contributed by atoms with Gasteiger partial charge in [-0.1, -0.05) is 32.3 Å². The first-order valence-corrected chi connectivity index (χ1v) is 6.23. The van der Waals surface area contributed by atoms with E-state index in [-0.39, 0.29) is 0 Å². The van der Waals surface area contributed by atoms with Gasteiger partial charge in [0.1, 0.15) is 5.82 Å². The van der Waals surface area contributed by atoms with Gasteiger partial charge in [-0.05, 0) is 24.1 Å². The van der Waals surface area contributed by atoms with E-state index in [1.807, 2.05) is 6.92 Å². The Balaban J connectivity index is 2.93. The molecule has 0 heterocycles. The normalized spacial score (nSPS) is 13.6. The number of hydrogen-bond donors (Lipinski definition) is 2. The van der Waals surface area contributed by atoms with Crippen molar-refractivity contribution in [3.05, 3.63) is 35.1 Å². The number of rotatable bonds is 6. The Bertz CT molecular complexity index is 404. The van der Waals surface area contributed by atoms with E-state index in [0.717, 1.165) is 31.4 Å². The highest BCUT2D eigenvalue weighted by Crippen LogP contribution is 2.33. The van der Waals surface area contributed by atoms with E-state index in [1.54, 1.807) is 0 Å². The molecule has 0 aliphatic carbocycles. The first-order valence-electron chi connectivity index (χ1n) is 6.23. The topological polar surface area (TPSA) is 38.0 Å². The molecule has 2 nitrogen and oxygen atoms in total. The summed E-state index contributed by atoms with van der Waals surface area (Å²) in [5, 5.41) is 0. The van der Waals surface area contributed by atoms with Crippen LogP contribution < -0.4 is 11.3 Å². The maximum Gasteiger partial charge on any atom is 0.419 e. The largest absolute Gasteiger partial charge is 0.419 e. The van der Waals surface area contributed by atoms with Crippen molar-refractivity contribution in [3.8, 4) is 0 Å². The Morgan fingerprint density at radius 2 is 1.95 bits per heavy atom. The SMILES string of the molecule is CCCCCC(NN)c1ccc(F)c(C(F)(F)F)c1. The third-order valence-electron chi connectivity index (χ3n) is 3.00. The molecule has 0 bridgehead atoms. The van der Waals surface area contributed by atoms with Crippen LogP contribution in [0.2, 0.25) is 0 Å². The van der Waals surface area contributed by atoms with Gasteiger partial charge in [-0.15, -0.1) is 0 Å². The number of halogens is 4.